The van der Waals surface area contributed by atoms with Crippen LogP contribution in [-0.4, -0.2) is 32.5 Å². The number of nitrogens with zero attached hydrogens (tertiary/aromatic N) is 2. The van der Waals surface area contributed by atoms with Gasteiger partial charge in [0.1, 0.15) is 0 Å². The predicted octanol–water partition coefficient (Wildman–Crippen LogP) is 0.663. The molecule has 1 aliphatic heterocycles. The Morgan fingerprint density at radius 3 is 2.74 bits per heavy atom. The first-order valence-electron chi connectivity index (χ1n) is 6.30. The van der Waals surface area contributed by atoms with Crippen molar-refractivity contribution in [3.05, 3.63) is 5.69 Å². The molecule has 2 unspecified atom stereocenters. The summed E-state index contributed by atoms with van der Waals surface area (Å²) in [6.07, 6.45) is 2.08. The van der Waals surface area contributed by atoms with Crippen LogP contribution in [0.15, 0.2) is 4.21 Å². The molecule has 2 heterocycles. The molecule has 2 rings (SSSR count). The van der Waals surface area contributed by atoms with E-state index in [0.29, 0.717) is 23.3 Å². The summed E-state index contributed by atoms with van der Waals surface area (Å²) in [7, 11) is -3.69. The van der Waals surface area contributed by atoms with E-state index in [1.807, 2.05) is 0 Å². The van der Waals surface area contributed by atoms with Gasteiger partial charge in [-0.1, -0.05) is 18.3 Å². The van der Waals surface area contributed by atoms with E-state index in [4.69, 9.17) is 10.9 Å². The highest BCUT2D eigenvalue weighted by atomic mass is 32.2. The molecule has 0 aromatic carbocycles. The number of hydrogen-bond donors (Lipinski definition) is 2. The molecule has 1 aliphatic rings. The molecular weight excluding hydrogens is 284 g/mol. The number of aryl methyl sites for hydroxylation is 1. The van der Waals surface area contributed by atoms with E-state index in [1.165, 1.54) is 0 Å². The molecule has 19 heavy (non-hydrogen) atoms. The van der Waals surface area contributed by atoms with Crippen LogP contribution in [-0.2, 0) is 10.0 Å². The number of thiazole rings is 1. The number of anilines is 1. The van der Waals surface area contributed by atoms with Gasteiger partial charge in [-0.25, -0.2) is 18.5 Å². The van der Waals surface area contributed by atoms with Crippen LogP contribution in [0, 0.1) is 12.8 Å². The van der Waals surface area contributed by atoms with Crippen LogP contribution in [0.3, 0.4) is 0 Å². The normalized spacial score (nSPS) is 24.7. The molecule has 1 aromatic rings. The van der Waals surface area contributed by atoms with Gasteiger partial charge in [-0.2, -0.15) is 0 Å². The quantitative estimate of drug-likeness (QED) is 0.854. The topological polar surface area (TPSA) is 102 Å². The lowest BCUT2D eigenvalue weighted by Crippen LogP contribution is -2.46. The summed E-state index contributed by atoms with van der Waals surface area (Å²) in [5, 5.41) is 5.90. The Morgan fingerprint density at radius 2 is 2.21 bits per heavy atom. The third-order valence-electron chi connectivity index (χ3n) is 3.50. The Morgan fingerprint density at radius 1 is 1.53 bits per heavy atom. The summed E-state index contributed by atoms with van der Waals surface area (Å²) in [6, 6.07) is 0.225. The molecular formula is C11H20N4O2S2. The van der Waals surface area contributed by atoms with Crippen molar-refractivity contribution < 1.29 is 8.42 Å². The number of primary sulfonamides is 1. The average molecular weight is 304 g/mol. The van der Waals surface area contributed by atoms with E-state index in [1.54, 1.807) is 6.92 Å². The molecule has 0 saturated carbocycles. The molecule has 1 saturated heterocycles. The van der Waals surface area contributed by atoms with Crippen LogP contribution in [0.4, 0.5) is 5.13 Å². The third kappa shape index (κ3) is 3.07. The number of piperidine rings is 1. The first-order chi connectivity index (χ1) is 8.82. The van der Waals surface area contributed by atoms with E-state index >= 15 is 0 Å². The molecule has 6 nitrogen and oxygen atoms in total. The minimum Gasteiger partial charge on any atom is -0.344 e. The Labute approximate surface area is 117 Å². The largest absolute Gasteiger partial charge is 0.344 e. The Hall–Kier alpha value is -0.700. The molecule has 0 bridgehead atoms. The van der Waals surface area contributed by atoms with Gasteiger partial charge in [0.15, 0.2) is 9.34 Å². The fraction of sp³-hybridized carbons (Fsp3) is 0.727. The summed E-state index contributed by atoms with van der Waals surface area (Å²) in [5.74, 6) is 0.642. The molecule has 1 aromatic heterocycles. The summed E-state index contributed by atoms with van der Waals surface area (Å²) in [5.41, 5.74) is 6.29. The monoisotopic (exact) mass is 304 g/mol. The number of rotatable bonds is 3. The van der Waals surface area contributed by atoms with E-state index in [2.05, 4.69) is 16.8 Å². The van der Waals surface area contributed by atoms with Crippen LogP contribution in [0.25, 0.3) is 0 Å². The fourth-order valence-corrected chi connectivity index (χ4v) is 4.53. The molecule has 108 valence electrons. The number of nitrogens with two attached hydrogens (primary N) is 2. The first kappa shape index (κ1) is 14.7. The first-order valence-corrected chi connectivity index (χ1v) is 8.66. The van der Waals surface area contributed by atoms with Gasteiger partial charge in [-0.3, -0.25) is 0 Å². The maximum Gasteiger partial charge on any atom is 0.249 e. The number of hydrogen-bond acceptors (Lipinski definition) is 6. The lowest BCUT2D eigenvalue weighted by Gasteiger charge is -2.37. The molecule has 4 N–H and O–H groups in total. The van der Waals surface area contributed by atoms with Crippen molar-refractivity contribution in [2.75, 3.05) is 18.0 Å². The summed E-state index contributed by atoms with van der Waals surface area (Å²) in [4.78, 5) is 6.47. The number of sulfonamides is 1. The smallest absolute Gasteiger partial charge is 0.249 e. The molecule has 0 spiro atoms. The highest BCUT2D eigenvalue weighted by molar-refractivity contribution is 7.91. The SMILES string of the molecule is Cc1nc(N2CCC(C)CC2CN)sc1S(N)(=O)=O. The summed E-state index contributed by atoms with van der Waals surface area (Å²) >= 11 is 1.14. The van der Waals surface area contributed by atoms with Crippen LogP contribution in [0.5, 0.6) is 0 Å². The zero-order valence-corrected chi connectivity index (χ0v) is 12.8. The van der Waals surface area contributed by atoms with Crippen molar-refractivity contribution in [3.8, 4) is 0 Å². The maximum atomic E-state index is 11.5. The zero-order valence-electron chi connectivity index (χ0n) is 11.2. The Kier molecular flexibility index (Phi) is 4.14. The summed E-state index contributed by atoms with van der Waals surface area (Å²) < 4.78 is 23.1. The summed E-state index contributed by atoms with van der Waals surface area (Å²) in [6.45, 7) is 5.29. The minimum absolute atomic E-state index is 0.150. The molecule has 1 fully saturated rings. The van der Waals surface area contributed by atoms with E-state index < -0.39 is 10.0 Å². The minimum atomic E-state index is -3.69. The standard InChI is InChI=1S/C11H20N4O2S2/c1-7-3-4-15(9(5-7)6-12)11-14-8(2)10(18-11)19(13,16)17/h7,9H,3-6,12H2,1-2H3,(H2,13,16,17). The van der Waals surface area contributed by atoms with Gasteiger partial charge in [-0.05, 0) is 25.7 Å². The lowest BCUT2D eigenvalue weighted by atomic mass is 9.93. The molecule has 0 radical (unpaired) electrons. The Bertz CT molecular complexity index is 555. The highest BCUT2D eigenvalue weighted by Gasteiger charge is 2.29. The van der Waals surface area contributed by atoms with Crippen molar-refractivity contribution >= 4 is 26.5 Å². The zero-order chi connectivity index (χ0) is 14.2. The second-order valence-electron chi connectivity index (χ2n) is 5.13. The second kappa shape index (κ2) is 5.35. The number of aromatic nitrogens is 1. The third-order valence-corrected chi connectivity index (χ3v) is 6.25. The van der Waals surface area contributed by atoms with Crippen molar-refractivity contribution in [1.82, 2.24) is 4.98 Å². The van der Waals surface area contributed by atoms with Crippen LogP contribution < -0.4 is 15.8 Å². The van der Waals surface area contributed by atoms with Crippen LogP contribution >= 0.6 is 11.3 Å². The van der Waals surface area contributed by atoms with E-state index in [9.17, 15) is 8.42 Å². The van der Waals surface area contributed by atoms with Crippen LogP contribution in [0.1, 0.15) is 25.5 Å². The molecule has 0 amide bonds. The van der Waals surface area contributed by atoms with Gasteiger partial charge in [0.25, 0.3) is 0 Å². The highest BCUT2D eigenvalue weighted by Crippen LogP contribution is 2.33. The van der Waals surface area contributed by atoms with Gasteiger partial charge < -0.3 is 10.6 Å². The van der Waals surface area contributed by atoms with Gasteiger partial charge in [-0.15, -0.1) is 0 Å². The van der Waals surface area contributed by atoms with Gasteiger partial charge >= 0.3 is 0 Å². The van der Waals surface area contributed by atoms with Crippen molar-refractivity contribution in [2.24, 2.45) is 16.8 Å². The second-order valence-corrected chi connectivity index (χ2v) is 7.86. The Balaban J connectivity index is 2.32. The predicted molar refractivity (Wildman–Crippen MR) is 76.8 cm³/mol. The van der Waals surface area contributed by atoms with E-state index in [-0.39, 0.29) is 10.3 Å². The van der Waals surface area contributed by atoms with Gasteiger partial charge in [0, 0.05) is 19.1 Å². The van der Waals surface area contributed by atoms with Crippen molar-refractivity contribution in [1.29, 1.82) is 0 Å². The molecule has 8 heteroatoms. The van der Waals surface area contributed by atoms with E-state index in [0.717, 1.165) is 30.7 Å². The van der Waals surface area contributed by atoms with Crippen molar-refractivity contribution in [3.63, 3.8) is 0 Å². The average Bonchev–Trinajstić information content (AvgIpc) is 2.70. The maximum absolute atomic E-state index is 11.5. The van der Waals surface area contributed by atoms with Gasteiger partial charge in [0.05, 0.1) is 5.69 Å². The van der Waals surface area contributed by atoms with Gasteiger partial charge in [0.2, 0.25) is 10.0 Å². The molecule has 2 atom stereocenters. The van der Waals surface area contributed by atoms with Crippen LogP contribution in [0.2, 0.25) is 0 Å². The fourth-order valence-electron chi connectivity index (χ4n) is 2.48. The van der Waals surface area contributed by atoms with Crippen molar-refractivity contribution in [2.45, 2.75) is 36.9 Å². The lowest BCUT2D eigenvalue weighted by molar-refractivity contribution is 0.366. The molecule has 0 aliphatic carbocycles.